The molecule has 1 rings (SSSR count). The second-order valence-electron chi connectivity index (χ2n) is 5.87. The maximum Gasteiger partial charge on any atom is 0.325 e. The van der Waals surface area contributed by atoms with Crippen molar-refractivity contribution in [2.75, 3.05) is 32.8 Å². The predicted molar refractivity (Wildman–Crippen MR) is 85.5 cm³/mol. The Kier molecular flexibility index (Phi) is 10.4. The Labute approximate surface area is 134 Å². The molecular weight excluding hydrogens is 292 g/mol. The molecule has 0 bridgehead atoms. The van der Waals surface area contributed by atoms with Crippen LogP contribution in [0.2, 0.25) is 0 Å². The van der Waals surface area contributed by atoms with Crippen molar-refractivity contribution in [1.29, 1.82) is 0 Å². The zero-order valence-electron chi connectivity index (χ0n) is 13.4. The Morgan fingerprint density at radius 1 is 1.38 bits per heavy atom. The lowest BCUT2D eigenvalue weighted by molar-refractivity contribution is -0.149. The van der Waals surface area contributed by atoms with Crippen LogP contribution in [0, 0.1) is 11.8 Å². The van der Waals surface area contributed by atoms with Gasteiger partial charge in [-0.1, -0.05) is 13.8 Å². The highest BCUT2D eigenvalue weighted by atomic mass is 35.5. The van der Waals surface area contributed by atoms with Crippen LogP contribution in [0.5, 0.6) is 0 Å². The van der Waals surface area contributed by atoms with Gasteiger partial charge in [-0.05, 0) is 44.7 Å². The molecule has 1 unspecified atom stereocenters. The van der Waals surface area contributed by atoms with Crippen molar-refractivity contribution < 1.29 is 14.3 Å². The summed E-state index contributed by atoms with van der Waals surface area (Å²) in [5.74, 6) is 0.701. The molecule has 1 saturated heterocycles. The molecule has 1 atom stereocenters. The average Bonchev–Trinajstić information content (AvgIpc) is 2.88. The largest absolute Gasteiger partial charge is 0.465 e. The number of rotatable bonds is 8. The number of esters is 1. The van der Waals surface area contributed by atoms with Crippen molar-refractivity contribution in [3.8, 4) is 0 Å². The highest BCUT2D eigenvalue weighted by Gasteiger charge is 2.21. The Bertz CT molecular complexity index is 318. The molecule has 1 heterocycles. The third-order valence-electron chi connectivity index (χ3n) is 3.49. The van der Waals surface area contributed by atoms with E-state index in [0.717, 1.165) is 25.9 Å². The average molecular weight is 321 g/mol. The fourth-order valence-electron chi connectivity index (χ4n) is 2.50. The molecule has 0 saturated carbocycles. The van der Waals surface area contributed by atoms with Crippen LogP contribution in [0.1, 0.15) is 40.0 Å². The second-order valence-corrected chi connectivity index (χ2v) is 5.87. The zero-order valence-corrected chi connectivity index (χ0v) is 14.2. The molecule has 0 aliphatic carbocycles. The quantitative estimate of drug-likeness (QED) is 0.693. The summed E-state index contributed by atoms with van der Waals surface area (Å²) in [6.45, 7) is 8.98. The van der Waals surface area contributed by atoms with Crippen molar-refractivity contribution in [2.45, 2.75) is 40.0 Å². The normalized spacial score (nSPS) is 17.4. The molecule has 1 aliphatic rings. The number of carbonyl (C=O) groups excluding carboxylic acids is 2. The highest BCUT2D eigenvalue weighted by Crippen LogP contribution is 2.15. The standard InChI is InChI=1S/C15H28N2O3.ClH/c1-4-20-15(19)11-17(10-12(2)3)14(18)6-5-13-7-8-16-9-13;/h12-13,16H,4-11H2,1-3H3;1H. The molecule has 1 fully saturated rings. The molecule has 0 spiro atoms. The fourth-order valence-corrected chi connectivity index (χ4v) is 2.50. The van der Waals surface area contributed by atoms with Crippen molar-refractivity contribution in [1.82, 2.24) is 10.2 Å². The van der Waals surface area contributed by atoms with Gasteiger partial charge in [0, 0.05) is 13.0 Å². The molecule has 124 valence electrons. The van der Waals surface area contributed by atoms with Crippen LogP contribution in [-0.2, 0) is 14.3 Å². The minimum Gasteiger partial charge on any atom is -0.465 e. The van der Waals surface area contributed by atoms with Crippen LogP contribution in [0.3, 0.4) is 0 Å². The molecule has 21 heavy (non-hydrogen) atoms. The molecule has 0 aromatic carbocycles. The third kappa shape index (κ3) is 8.27. The Morgan fingerprint density at radius 2 is 2.10 bits per heavy atom. The van der Waals surface area contributed by atoms with E-state index < -0.39 is 0 Å². The fraction of sp³-hybridized carbons (Fsp3) is 0.867. The van der Waals surface area contributed by atoms with Crippen LogP contribution in [0.15, 0.2) is 0 Å². The third-order valence-corrected chi connectivity index (χ3v) is 3.49. The molecule has 0 aromatic heterocycles. The van der Waals surface area contributed by atoms with Gasteiger partial charge in [0.25, 0.3) is 0 Å². The summed E-state index contributed by atoms with van der Waals surface area (Å²) in [7, 11) is 0. The summed E-state index contributed by atoms with van der Waals surface area (Å²) in [6.07, 6.45) is 2.58. The summed E-state index contributed by atoms with van der Waals surface area (Å²) in [6, 6.07) is 0. The van der Waals surface area contributed by atoms with Gasteiger partial charge in [0.2, 0.25) is 5.91 Å². The number of halogens is 1. The van der Waals surface area contributed by atoms with Crippen molar-refractivity contribution in [3.05, 3.63) is 0 Å². The van der Waals surface area contributed by atoms with E-state index >= 15 is 0 Å². The van der Waals surface area contributed by atoms with E-state index in [2.05, 4.69) is 5.32 Å². The van der Waals surface area contributed by atoms with E-state index in [1.807, 2.05) is 13.8 Å². The van der Waals surface area contributed by atoms with Gasteiger partial charge in [-0.15, -0.1) is 12.4 Å². The number of ether oxygens (including phenoxy) is 1. The van der Waals surface area contributed by atoms with Gasteiger partial charge in [0.1, 0.15) is 6.54 Å². The SMILES string of the molecule is CCOC(=O)CN(CC(C)C)C(=O)CCC1CCNC1.Cl. The minimum absolute atomic E-state index is 0. The van der Waals surface area contributed by atoms with E-state index in [1.54, 1.807) is 11.8 Å². The first-order valence-corrected chi connectivity index (χ1v) is 7.67. The minimum atomic E-state index is -0.316. The molecule has 0 radical (unpaired) electrons. The second kappa shape index (κ2) is 10.9. The summed E-state index contributed by atoms with van der Waals surface area (Å²) in [4.78, 5) is 25.5. The van der Waals surface area contributed by atoms with E-state index in [0.29, 0.717) is 31.4 Å². The Morgan fingerprint density at radius 3 is 2.62 bits per heavy atom. The molecule has 1 amide bonds. The smallest absolute Gasteiger partial charge is 0.325 e. The topological polar surface area (TPSA) is 58.6 Å². The van der Waals surface area contributed by atoms with Crippen molar-refractivity contribution >= 4 is 24.3 Å². The van der Waals surface area contributed by atoms with Gasteiger partial charge in [-0.25, -0.2) is 0 Å². The summed E-state index contributed by atoms with van der Waals surface area (Å²) in [5.41, 5.74) is 0. The van der Waals surface area contributed by atoms with Crippen molar-refractivity contribution in [3.63, 3.8) is 0 Å². The molecule has 5 nitrogen and oxygen atoms in total. The lowest BCUT2D eigenvalue weighted by Gasteiger charge is -2.24. The first kappa shape index (κ1) is 20.2. The van der Waals surface area contributed by atoms with Gasteiger partial charge in [-0.2, -0.15) is 0 Å². The molecule has 6 heteroatoms. The van der Waals surface area contributed by atoms with Crippen LogP contribution in [-0.4, -0.2) is 49.6 Å². The van der Waals surface area contributed by atoms with Gasteiger partial charge in [-0.3, -0.25) is 9.59 Å². The number of nitrogens with one attached hydrogen (secondary N) is 1. The van der Waals surface area contributed by atoms with Crippen LogP contribution >= 0.6 is 12.4 Å². The van der Waals surface area contributed by atoms with Gasteiger partial charge in [0.15, 0.2) is 0 Å². The van der Waals surface area contributed by atoms with Crippen molar-refractivity contribution in [2.24, 2.45) is 11.8 Å². The maximum absolute atomic E-state index is 12.3. The van der Waals surface area contributed by atoms with Gasteiger partial charge >= 0.3 is 5.97 Å². The van der Waals surface area contributed by atoms with Gasteiger partial charge in [0.05, 0.1) is 6.61 Å². The van der Waals surface area contributed by atoms with E-state index in [9.17, 15) is 9.59 Å². The Balaban J connectivity index is 0.00000400. The summed E-state index contributed by atoms with van der Waals surface area (Å²) in [5, 5.41) is 3.31. The number of nitrogens with zero attached hydrogens (tertiary/aromatic N) is 1. The number of hydrogen-bond acceptors (Lipinski definition) is 4. The van der Waals surface area contributed by atoms with Crippen LogP contribution in [0.4, 0.5) is 0 Å². The number of carbonyl (C=O) groups is 2. The molecule has 0 aromatic rings. The Hall–Kier alpha value is -0.810. The zero-order chi connectivity index (χ0) is 15.0. The molecular formula is C15H29ClN2O3. The predicted octanol–water partition coefficient (Wildman–Crippen LogP) is 1.85. The molecule has 1 aliphatic heterocycles. The number of hydrogen-bond donors (Lipinski definition) is 1. The first-order chi connectivity index (χ1) is 9.52. The lowest BCUT2D eigenvalue weighted by Crippen LogP contribution is -2.39. The maximum atomic E-state index is 12.3. The number of amides is 1. The first-order valence-electron chi connectivity index (χ1n) is 7.67. The van der Waals surface area contributed by atoms with E-state index in [-0.39, 0.29) is 30.8 Å². The van der Waals surface area contributed by atoms with E-state index in [1.165, 1.54) is 0 Å². The van der Waals surface area contributed by atoms with E-state index in [4.69, 9.17) is 4.74 Å². The highest BCUT2D eigenvalue weighted by molar-refractivity contribution is 5.85. The summed E-state index contributed by atoms with van der Waals surface area (Å²) < 4.78 is 4.94. The van der Waals surface area contributed by atoms with Crippen LogP contribution in [0.25, 0.3) is 0 Å². The lowest BCUT2D eigenvalue weighted by atomic mass is 10.0. The van der Waals surface area contributed by atoms with Gasteiger partial charge < -0.3 is 15.0 Å². The molecule has 1 N–H and O–H groups in total. The summed E-state index contributed by atoms with van der Waals surface area (Å²) >= 11 is 0. The monoisotopic (exact) mass is 320 g/mol. The van der Waals surface area contributed by atoms with Crippen LogP contribution < -0.4 is 5.32 Å².